The van der Waals surface area contributed by atoms with E-state index in [0.29, 0.717) is 11.3 Å². The van der Waals surface area contributed by atoms with E-state index >= 15 is 0 Å². The number of furan rings is 1. The molecule has 2 aromatic carbocycles. The van der Waals surface area contributed by atoms with Crippen molar-refractivity contribution in [2.45, 2.75) is 11.3 Å². The molecule has 0 unspecified atom stereocenters. The molecule has 0 saturated carbocycles. The number of carboxylic acids is 1. The lowest BCUT2D eigenvalue weighted by atomic mass is 10.1. The Morgan fingerprint density at radius 3 is 2.68 bits per heavy atom. The Kier molecular flexibility index (Phi) is 5.26. The van der Waals surface area contributed by atoms with Gasteiger partial charge in [0.1, 0.15) is 5.82 Å². The maximum Gasteiger partial charge on any atom is 0.338 e. The molecule has 4 rings (SSSR count). The minimum absolute atomic E-state index is 0.121. The number of halogens is 1. The zero-order valence-electron chi connectivity index (χ0n) is 15.6. The average molecular weight is 443 g/mol. The molecular weight excluding hydrogens is 429 g/mol. The van der Waals surface area contributed by atoms with Crippen LogP contribution in [0.3, 0.4) is 0 Å². The minimum Gasteiger partial charge on any atom is -0.478 e. The molecule has 31 heavy (non-hydrogen) atoms. The van der Waals surface area contributed by atoms with E-state index in [-0.39, 0.29) is 28.7 Å². The zero-order valence-corrected chi connectivity index (χ0v) is 16.5. The molecule has 0 saturated heterocycles. The highest BCUT2D eigenvalue weighted by Gasteiger charge is 2.21. The summed E-state index contributed by atoms with van der Waals surface area (Å²) in [7, 11) is -4.19. The van der Waals surface area contributed by atoms with Crippen LogP contribution in [0.25, 0.3) is 11.6 Å². The Hall–Kier alpha value is -3.99. The van der Waals surface area contributed by atoms with E-state index in [4.69, 9.17) is 14.0 Å². The number of aromatic nitrogens is 2. The summed E-state index contributed by atoms with van der Waals surface area (Å²) in [4.78, 5) is 15.0. The van der Waals surface area contributed by atoms with Crippen molar-refractivity contribution >= 4 is 21.7 Å². The van der Waals surface area contributed by atoms with Crippen molar-refractivity contribution in [3.8, 4) is 11.6 Å². The third-order valence-corrected chi connectivity index (χ3v) is 5.65. The Balaban J connectivity index is 1.60. The van der Waals surface area contributed by atoms with Crippen molar-refractivity contribution in [2.24, 2.45) is 0 Å². The molecule has 0 fully saturated rings. The van der Waals surface area contributed by atoms with Crippen molar-refractivity contribution in [3.63, 3.8) is 0 Å². The summed E-state index contributed by atoms with van der Waals surface area (Å²) >= 11 is 0. The number of benzene rings is 2. The standard InChI is InChI=1S/C20H14FN3O6S/c21-15-8-7-13(11-14(15)20(25)26)31(27,28)24-16-5-2-1-4-12(16)10-18-22-19(23-30-18)17-6-3-9-29-17/h1-9,11,24H,10H2,(H,25,26). The van der Waals surface area contributed by atoms with Crippen molar-refractivity contribution < 1.29 is 31.6 Å². The van der Waals surface area contributed by atoms with Gasteiger partial charge in [-0.05, 0) is 42.0 Å². The summed E-state index contributed by atoms with van der Waals surface area (Å²) in [5.74, 6) is -1.69. The zero-order chi connectivity index (χ0) is 22.0. The predicted octanol–water partition coefficient (Wildman–Crippen LogP) is 3.56. The van der Waals surface area contributed by atoms with Crippen LogP contribution in [0.15, 0.2) is 74.7 Å². The lowest BCUT2D eigenvalue weighted by Gasteiger charge is -2.12. The van der Waals surface area contributed by atoms with Crippen LogP contribution in [0.4, 0.5) is 10.1 Å². The number of rotatable bonds is 7. The molecule has 0 amide bonds. The molecule has 158 valence electrons. The monoisotopic (exact) mass is 443 g/mol. The summed E-state index contributed by atoms with van der Waals surface area (Å²) in [6.07, 6.45) is 1.59. The second-order valence-electron chi connectivity index (χ2n) is 6.38. The molecule has 2 heterocycles. The number of nitrogens with zero attached hydrogens (tertiary/aromatic N) is 2. The number of anilines is 1. The highest BCUT2D eigenvalue weighted by atomic mass is 32.2. The van der Waals surface area contributed by atoms with Gasteiger partial charge < -0.3 is 14.0 Å². The SMILES string of the molecule is O=C(O)c1cc(S(=O)(=O)Nc2ccccc2Cc2nc(-c3ccco3)no2)ccc1F. The molecule has 0 atom stereocenters. The summed E-state index contributed by atoms with van der Waals surface area (Å²) in [5.41, 5.74) is 0.00946. The third-order valence-electron chi connectivity index (χ3n) is 4.29. The fourth-order valence-corrected chi connectivity index (χ4v) is 3.94. The maximum atomic E-state index is 13.6. The van der Waals surface area contributed by atoms with Crippen molar-refractivity contribution in [1.82, 2.24) is 10.1 Å². The molecule has 0 aliphatic carbocycles. The summed E-state index contributed by atoms with van der Waals surface area (Å²) < 4.78 is 52.0. The first-order chi connectivity index (χ1) is 14.8. The molecule has 0 radical (unpaired) electrons. The van der Waals surface area contributed by atoms with Gasteiger partial charge in [0.25, 0.3) is 10.0 Å². The molecule has 0 spiro atoms. The second kappa shape index (κ2) is 8.03. The van der Waals surface area contributed by atoms with Gasteiger partial charge in [-0.25, -0.2) is 17.6 Å². The van der Waals surface area contributed by atoms with Crippen molar-refractivity contribution in [2.75, 3.05) is 4.72 Å². The van der Waals surface area contributed by atoms with E-state index < -0.39 is 27.4 Å². The average Bonchev–Trinajstić information content (AvgIpc) is 3.41. The molecule has 0 aliphatic rings. The van der Waals surface area contributed by atoms with E-state index in [2.05, 4.69) is 14.9 Å². The van der Waals surface area contributed by atoms with Crippen LogP contribution >= 0.6 is 0 Å². The van der Waals surface area contributed by atoms with E-state index in [1.807, 2.05) is 0 Å². The van der Waals surface area contributed by atoms with E-state index in [1.165, 1.54) is 12.3 Å². The highest BCUT2D eigenvalue weighted by Crippen LogP contribution is 2.24. The predicted molar refractivity (Wildman–Crippen MR) is 105 cm³/mol. The first kappa shape index (κ1) is 20.3. The Labute approximate surface area is 175 Å². The van der Waals surface area contributed by atoms with Crippen LogP contribution in [-0.2, 0) is 16.4 Å². The first-order valence-electron chi connectivity index (χ1n) is 8.83. The fraction of sp³-hybridized carbons (Fsp3) is 0.0500. The van der Waals surface area contributed by atoms with E-state index in [0.717, 1.165) is 18.2 Å². The molecule has 4 aromatic rings. The van der Waals surface area contributed by atoms with Gasteiger partial charge in [-0.2, -0.15) is 4.98 Å². The van der Waals surface area contributed by atoms with Gasteiger partial charge in [0.2, 0.25) is 11.7 Å². The summed E-state index contributed by atoms with van der Waals surface area (Å²) in [5, 5.41) is 12.9. The van der Waals surface area contributed by atoms with Crippen LogP contribution in [0, 0.1) is 5.82 Å². The minimum atomic E-state index is -4.19. The van der Waals surface area contributed by atoms with Gasteiger partial charge in [-0.15, -0.1) is 0 Å². The molecule has 2 N–H and O–H groups in total. The quantitative estimate of drug-likeness (QED) is 0.443. The number of carbonyl (C=O) groups is 1. The number of para-hydroxylation sites is 1. The summed E-state index contributed by atoms with van der Waals surface area (Å²) in [6, 6.07) is 12.4. The number of hydrogen-bond acceptors (Lipinski definition) is 7. The molecular formula is C20H14FN3O6S. The van der Waals surface area contributed by atoms with Crippen LogP contribution < -0.4 is 4.72 Å². The number of carboxylic acid groups (broad SMARTS) is 1. The van der Waals surface area contributed by atoms with Gasteiger partial charge in [-0.1, -0.05) is 23.4 Å². The Bertz CT molecular complexity index is 1350. The number of hydrogen-bond donors (Lipinski definition) is 2. The molecule has 2 aromatic heterocycles. The van der Waals surface area contributed by atoms with Crippen LogP contribution in [0.1, 0.15) is 21.8 Å². The second-order valence-corrected chi connectivity index (χ2v) is 8.06. The number of nitrogens with one attached hydrogen (secondary N) is 1. The maximum absolute atomic E-state index is 13.6. The molecule has 0 bridgehead atoms. The third kappa shape index (κ3) is 4.31. The van der Waals surface area contributed by atoms with Gasteiger partial charge in [-0.3, -0.25) is 4.72 Å². The summed E-state index contributed by atoms with van der Waals surface area (Å²) in [6.45, 7) is 0. The van der Waals surface area contributed by atoms with E-state index in [1.54, 1.807) is 30.3 Å². The van der Waals surface area contributed by atoms with Crippen molar-refractivity contribution in [1.29, 1.82) is 0 Å². The number of sulfonamides is 1. The topological polar surface area (TPSA) is 136 Å². The first-order valence-corrected chi connectivity index (χ1v) is 10.3. The molecule has 9 nitrogen and oxygen atoms in total. The lowest BCUT2D eigenvalue weighted by molar-refractivity contribution is 0.0691. The Morgan fingerprint density at radius 1 is 1.13 bits per heavy atom. The lowest BCUT2D eigenvalue weighted by Crippen LogP contribution is -2.15. The van der Waals surface area contributed by atoms with Gasteiger partial charge >= 0.3 is 5.97 Å². The highest BCUT2D eigenvalue weighted by molar-refractivity contribution is 7.92. The molecule has 11 heteroatoms. The molecule has 0 aliphatic heterocycles. The smallest absolute Gasteiger partial charge is 0.338 e. The van der Waals surface area contributed by atoms with Crippen LogP contribution in [-0.4, -0.2) is 29.6 Å². The Morgan fingerprint density at radius 2 is 1.94 bits per heavy atom. The normalized spacial score (nSPS) is 11.4. The van der Waals surface area contributed by atoms with Gasteiger partial charge in [0.15, 0.2) is 5.76 Å². The largest absolute Gasteiger partial charge is 0.478 e. The van der Waals surface area contributed by atoms with E-state index in [9.17, 15) is 17.6 Å². The number of aromatic carboxylic acids is 1. The van der Waals surface area contributed by atoms with Gasteiger partial charge in [0, 0.05) is 0 Å². The van der Waals surface area contributed by atoms with Gasteiger partial charge in [0.05, 0.1) is 28.8 Å². The van der Waals surface area contributed by atoms with Crippen LogP contribution in [0.2, 0.25) is 0 Å². The van der Waals surface area contributed by atoms with Crippen LogP contribution in [0.5, 0.6) is 0 Å². The fourth-order valence-electron chi connectivity index (χ4n) is 2.81. The van der Waals surface area contributed by atoms with Crippen molar-refractivity contribution in [3.05, 3.63) is 83.7 Å².